The molecular formula is C20H26N2O3S. The van der Waals surface area contributed by atoms with E-state index in [1.165, 1.54) is 0 Å². The standard InChI is InChI=1S/C20H26N2O3S/c1-15-7-13-18(14-8-15)26(23,24)22-20-6-4-3-5-19(20)21-16-9-11-17(25-2)12-10-16/h7-14,19-22H,3-6H2,1-2H3/t19-,20+/m0/s1. The lowest BCUT2D eigenvalue weighted by molar-refractivity contribution is 0.378. The van der Waals surface area contributed by atoms with Crippen LogP contribution in [0.2, 0.25) is 0 Å². The van der Waals surface area contributed by atoms with E-state index in [-0.39, 0.29) is 12.1 Å². The summed E-state index contributed by atoms with van der Waals surface area (Å²) in [5.41, 5.74) is 2.01. The van der Waals surface area contributed by atoms with E-state index >= 15 is 0 Å². The Morgan fingerprint density at radius 1 is 0.923 bits per heavy atom. The van der Waals surface area contributed by atoms with Crippen LogP contribution in [0.5, 0.6) is 5.75 Å². The predicted molar refractivity (Wildman–Crippen MR) is 104 cm³/mol. The third-order valence-corrected chi connectivity index (χ3v) is 6.35. The lowest BCUT2D eigenvalue weighted by atomic mass is 9.91. The number of hydrogen-bond donors (Lipinski definition) is 2. The van der Waals surface area contributed by atoms with Crippen LogP contribution in [0.15, 0.2) is 53.4 Å². The lowest BCUT2D eigenvalue weighted by Gasteiger charge is -2.33. The molecule has 0 saturated heterocycles. The molecule has 1 fully saturated rings. The Hall–Kier alpha value is -2.05. The van der Waals surface area contributed by atoms with E-state index in [9.17, 15) is 8.42 Å². The summed E-state index contributed by atoms with van der Waals surface area (Å²) in [6.45, 7) is 1.94. The van der Waals surface area contributed by atoms with Crippen LogP contribution in [0.25, 0.3) is 0 Å². The van der Waals surface area contributed by atoms with Gasteiger partial charge in [-0.15, -0.1) is 0 Å². The van der Waals surface area contributed by atoms with Gasteiger partial charge in [0.05, 0.1) is 12.0 Å². The highest BCUT2D eigenvalue weighted by atomic mass is 32.2. The predicted octanol–water partition coefficient (Wildman–Crippen LogP) is 3.71. The van der Waals surface area contributed by atoms with Crippen molar-refractivity contribution in [3.05, 3.63) is 54.1 Å². The van der Waals surface area contributed by atoms with Crippen molar-refractivity contribution in [2.45, 2.75) is 49.6 Å². The highest BCUT2D eigenvalue weighted by Crippen LogP contribution is 2.25. The van der Waals surface area contributed by atoms with Gasteiger partial charge in [0.2, 0.25) is 10.0 Å². The van der Waals surface area contributed by atoms with Gasteiger partial charge in [0.1, 0.15) is 5.75 Å². The number of aryl methyl sites for hydroxylation is 1. The molecule has 5 nitrogen and oxygen atoms in total. The van der Waals surface area contributed by atoms with Gasteiger partial charge in [-0.05, 0) is 56.2 Å². The Morgan fingerprint density at radius 2 is 1.54 bits per heavy atom. The summed E-state index contributed by atoms with van der Waals surface area (Å²) in [5, 5.41) is 3.48. The van der Waals surface area contributed by atoms with Gasteiger partial charge in [-0.2, -0.15) is 0 Å². The van der Waals surface area contributed by atoms with E-state index in [1.807, 2.05) is 43.3 Å². The van der Waals surface area contributed by atoms with Crippen molar-refractivity contribution in [2.75, 3.05) is 12.4 Å². The van der Waals surface area contributed by atoms with E-state index in [2.05, 4.69) is 10.0 Å². The van der Waals surface area contributed by atoms with E-state index in [0.29, 0.717) is 4.90 Å². The van der Waals surface area contributed by atoms with Crippen molar-refractivity contribution in [1.82, 2.24) is 4.72 Å². The second kappa shape index (κ2) is 8.10. The summed E-state index contributed by atoms with van der Waals surface area (Å²) in [6, 6.07) is 14.6. The fourth-order valence-corrected chi connectivity index (χ4v) is 4.64. The van der Waals surface area contributed by atoms with Gasteiger partial charge in [-0.1, -0.05) is 30.5 Å². The van der Waals surface area contributed by atoms with Gasteiger partial charge in [0.15, 0.2) is 0 Å². The minimum Gasteiger partial charge on any atom is -0.497 e. The van der Waals surface area contributed by atoms with Crippen LogP contribution in [0.3, 0.4) is 0 Å². The number of hydrogen-bond acceptors (Lipinski definition) is 4. The van der Waals surface area contributed by atoms with Crippen LogP contribution in [0.4, 0.5) is 5.69 Å². The van der Waals surface area contributed by atoms with E-state index in [0.717, 1.165) is 42.7 Å². The Morgan fingerprint density at radius 3 is 2.15 bits per heavy atom. The normalized spacial score (nSPS) is 20.5. The number of benzene rings is 2. The first-order chi connectivity index (χ1) is 12.5. The zero-order chi connectivity index (χ0) is 18.6. The van der Waals surface area contributed by atoms with Crippen LogP contribution >= 0.6 is 0 Å². The second-order valence-electron chi connectivity index (χ2n) is 6.80. The van der Waals surface area contributed by atoms with Crippen molar-refractivity contribution in [3.8, 4) is 5.75 Å². The molecule has 0 spiro atoms. The molecule has 3 rings (SSSR count). The minimum absolute atomic E-state index is 0.0670. The molecule has 140 valence electrons. The Kier molecular flexibility index (Phi) is 5.84. The molecule has 0 unspecified atom stereocenters. The van der Waals surface area contributed by atoms with Crippen LogP contribution in [0.1, 0.15) is 31.2 Å². The number of nitrogens with one attached hydrogen (secondary N) is 2. The van der Waals surface area contributed by atoms with Gasteiger partial charge in [0.25, 0.3) is 0 Å². The molecule has 0 bridgehead atoms. The average molecular weight is 375 g/mol. The molecule has 26 heavy (non-hydrogen) atoms. The Balaban J connectivity index is 1.72. The molecule has 1 saturated carbocycles. The van der Waals surface area contributed by atoms with Gasteiger partial charge in [-0.3, -0.25) is 0 Å². The third kappa shape index (κ3) is 4.56. The lowest BCUT2D eigenvalue weighted by Crippen LogP contribution is -2.48. The fraction of sp³-hybridized carbons (Fsp3) is 0.400. The second-order valence-corrected chi connectivity index (χ2v) is 8.52. The van der Waals surface area contributed by atoms with E-state index in [4.69, 9.17) is 4.74 Å². The van der Waals surface area contributed by atoms with Crippen LogP contribution in [-0.4, -0.2) is 27.6 Å². The van der Waals surface area contributed by atoms with Gasteiger partial charge < -0.3 is 10.1 Å². The zero-order valence-corrected chi connectivity index (χ0v) is 16.1. The van der Waals surface area contributed by atoms with Gasteiger partial charge in [0, 0.05) is 17.8 Å². The molecule has 2 aromatic carbocycles. The van der Waals surface area contributed by atoms with Crippen molar-refractivity contribution in [2.24, 2.45) is 0 Å². The topological polar surface area (TPSA) is 67.4 Å². The minimum atomic E-state index is -3.52. The largest absolute Gasteiger partial charge is 0.497 e. The Labute approximate surface area is 155 Å². The molecule has 0 heterocycles. The molecule has 0 radical (unpaired) electrons. The molecule has 6 heteroatoms. The molecule has 2 aromatic rings. The van der Waals surface area contributed by atoms with Crippen molar-refractivity contribution in [1.29, 1.82) is 0 Å². The number of rotatable bonds is 6. The first kappa shape index (κ1) is 18.7. The molecule has 0 aliphatic heterocycles. The SMILES string of the molecule is COc1ccc(N[C@H]2CCCC[C@H]2NS(=O)(=O)c2ccc(C)cc2)cc1. The number of sulfonamides is 1. The summed E-state index contributed by atoms with van der Waals surface area (Å²) in [5.74, 6) is 0.802. The number of ether oxygens (including phenoxy) is 1. The summed E-state index contributed by atoms with van der Waals surface area (Å²) in [4.78, 5) is 0.317. The summed E-state index contributed by atoms with van der Waals surface area (Å²) in [7, 11) is -1.88. The van der Waals surface area contributed by atoms with E-state index < -0.39 is 10.0 Å². The first-order valence-corrected chi connectivity index (χ1v) is 10.5. The summed E-state index contributed by atoms with van der Waals surface area (Å²) in [6.07, 6.45) is 3.89. The molecule has 2 N–H and O–H groups in total. The molecule has 1 aliphatic rings. The van der Waals surface area contributed by atoms with Gasteiger partial charge in [-0.25, -0.2) is 13.1 Å². The van der Waals surface area contributed by atoms with Crippen LogP contribution in [0, 0.1) is 6.92 Å². The molecular weight excluding hydrogens is 348 g/mol. The third-order valence-electron chi connectivity index (χ3n) is 4.85. The maximum atomic E-state index is 12.7. The van der Waals surface area contributed by atoms with Crippen molar-refractivity contribution < 1.29 is 13.2 Å². The zero-order valence-electron chi connectivity index (χ0n) is 15.2. The maximum absolute atomic E-state index is 12.7. The van der Waals surface area contributed by atoms with Crippen LogP contribution in [-0.2, 0) is 10.0 Å². The monoisotopic (exact) mass is 374 g/mol. The maximum Gasteiger partial charge on any atom is 0.240 e. The molecule has 0 amide bonds. The Bertz CT molecular complexity index is 817. The average Bonchev–Trinajstić information content (AvgIpc) is 2.64. The summed E-state index contributed by atoms with van der Waals surface area (Å²) < 4.78 is 33.6. The van der Waals surface area contributed by atoms with E-state index in [1.54, 1.807) is 19.2 Å². The highest BCUT2D eigenvalue weighted by Gasteiger charge is 2.29. The summed E-state index contributed by atoms with van der Waals surface area (Å²) >= 11 is 0. The molecule has 1 aliphatic carbocycles. The molecule has 0 aromatic heterocycles. The van der Waals surface area contributed by atoms with Crippen molar-refractivity contribution in [3.63, 3.8) is 0 Å². The van der Waals surface area contributed by atoms with Crippen molar-refractivity contribution >= 4 is 15.7 Å². The fourth-order valence-electron chi connectivity index (χ4n) is 3.33. The quantitative estimate of drug-likeness (QED) is 0.809. The number of anilines is 1. The van der Waals surface area contributed by atoms with Crippen LogP contribution < -0.4 is 14.8 Å². The number of methoxy groups -OCH3 is 1. The van der Waals surface area contributed by atoms with Gasteiger partial charge >= 0.3 is 0 Å². The smallest absolute Gasteiger partial charge is 0.240 e. The molecule has 2 atom stereocenters. The highest BCUT2D eigenvalue weighted by molar-refractivity contribution is 7.89. The first-order valence-electron chi connectivity index (χ1n) is 8.97.